The Labute approximate surface area is 165 Å². The summed E-state index contributed by atoms with van der Waals surface area (Å²) in [7, 11) is -3.71. The van der Waals surface area contributed by atoms with Gasteiger partial charge in [0.05, 0.1) is 35.3 Å². The minimum Gasteiger partial charge on any atom is -0.459 e. The van der Waals surface area contributed by atoms with Crippen LogP contribution >= 0.6 is 11.6 Å². The molecule has 0 radical (unpaired) electrons. The number of piperidine rings is 1. The number of hydrogen-bond donors (Lipinski definition) is 0. The van der Waals surface area contributed by atoms with Crippen molar-refractivity contribution in [3.63, 3.8) is 0 Å². The van der Waals surface area contributed by atoms with E-state index in [0.717, 1.165) is 12.1 Å². The highest BCUT2D eigenvalue weighted by atomic mass is 35.5. The van der Waals surface area contributed by atoms with Crippen LogP contribution in [0.3, 0.4) is 0 Å². The topological polar surface area (TPSA) is 72.4 Å². The number of alkyl halides is 3. The Hall–Kier alpha value is -1.91. The van der Waals surface area contributed by atoms with Crippen LogP contribution in [0, 0.1) is 0 Å². The van der Waals surface area contributed by atoms with Gasteiger partial charge in [-0.2, -0.15) is 17.5 Å². The van der Waals surface area contributed by atoms with E-state index in [1.165, 1.54) is 28.8 Å². The average Bonchev–Trinajstić information content (AvgIpc) is 2.63. The lowest BCUT2D eigenvalue weighted by molar-refractivity contribution is -0.137. The van der Waals surface area contributed by atoms with Gasteiger partial charge in [-0.1, -0.05) is 23.7 Å². The summed E-state index contributed by atoms with van der Waals surface area (Å²) in [6, 6.07) is 4.23. The molecule has 0 N–H and O–H groups in total. The van der Waals surface area contributed by atoms with Crippen molar-refractivity contribution in [2.75, 3.05) is 13.1 Å². The number of rotatable bonds is 5. The number of sulfonamides is 1. The molecular formula is C17H17ClF3N3O3S. The molecule has 28 heavy (non-hydrogen) atoms. The molecule has 1 unspecified atom stereocenters. The third-order valence-electron chi connectivity index (χ3n) is 4.23. The van der Waals surface area contributed by atoms with Crippen LogP contribution in [0.1, 0.15) is 24.0 Å². The largest absolute Gasteiger partial charge is 0.459 e. The van der Waals surface area contributed by atoms with Gasteiger partial charge >= 0.3 is 12.2 Å². The second kappa shape index (κ2) is 8.22. The quantitative estimate of drug-likeness (QED) is 0.718. The number of aromatic nitrogens is 2. The SMILES string of the molecule is O=S(=O)(Cc1ccc(C(F)(F)F)cc1)N1CCCC(Oc2ncc(Cl)cn2)C1. The molecule has 1 fully saturated rings. The van der Waals surface area contributed by atoms with Crippen molar-refractivity contribution >= 4 is 21.6 Å². The van der Waals surface area contributed by atoms with Crippen LogP contribution in [-0.2, 0) is 22.0 Å². The third kappa shape index (κ3) is 5.33. The van der Waals surface area contributed by atoms with E-state index >= 15 is 0 Å². The minimum atomic E-state index is -4.46. The van der Waals surface area contributed by atoms with Crippen molar-refractivity contribution in [1.82, 2.24) is 14.3 Å². The third-order valence-corrected chi connectivity index (χ3v) is 6.25. The Kier molecular flexibility index (Phi) is 6.11. The molecule has 0 spiro atoms. The van der Waals surface area contributed by atoms with E-state index in [9.17, 15) is 21.6 Å². The molecule has 1 aromatic carbocycles. The van der Waals surface area contributed by atoms with Crippen LogP contribution in [0.2, 0.25) is 5.02 Å². The van der Waals surface area contributed by atoms with Gasteiger partial charge in [-0.3, -0.25) is 0 Å². The van der Waals surface area contributed by atoms with Gasteiger partial charge < -0.3 is 4.74 Å². The van der Waals surface area contributed by atoms with Crippen LogP contribution in [0.25, 0.3) is 0 Å². The lowest BCUT2D eigenvalue weighted by Crippen LogP contribution is -2.44. The zero-order valence-corrected chi connectivity index (χ0v) is 16.1. The van der Waals surface area contributed by atoms with E-state index in [1.807, 2.05) is 0 Å². The van der Waals surface area contributed by atoms with Crippen LogP contribution < -0.4 is 4.74 Å². The van der Waals surface area contributed by atoms with Gasteiger partial charge in [0.2, 0.25) is 10.0 Å². The monoisotopic (exact) mass is 435 g/mol. The summed E-state index contributed by atoms with van der Waals surface area (Å²) in [4.78, 5) is 7.86. The van der Waals surface area contributed by atoms with E-state index in [4.69, 9.17) is 16.3 Å². The van der Waals surface area contributed by atoms with E-state index in [-0.39, 0.29) is 23.9 Å². The van der Waals surface area contributed by atoms with Crippen molar-refractivity contribution in [2.24, 2.45) is 0 Å². The highest BCUT2D eigenvalue weighted by Crippen LogP contribution is 2.29. The molecule has 0 bridgehead atoms. The molecule has 0 saturated carbocycles. The lowest BCUT2D eigenvalue weighted by Gasteiger charge is -2.31. The maximum atomic E-state index is 12.7. The number of nitrogens with zero attached hydrogens (tertiary/aromatic N) is 3. The fraction of sp³-hybridized carbons (Fsp3) is 0.412. The zero-order chi connectivity index (χ0) is 20.4. The maximum absolute atomic E-state index is 12.7. The van der Waals surface area contributed by atoms with Crippen LogP contribution in [0.4, 0.5) is 13.2 Å². The summed E-state index contributed by atoms with van der Waals surface area (Å²) >= 11 is 5.72. The Morgan fingerprint density at radius 3 is 2.43 bits per heavy atom. The Morgan fingerprint density at radius 1 is 1.18 bits per heavy atom. The van der Waals surface area contributed by atoms with Gasteiger partial charge in [0.1, 0.15) is 6.10 Å². The van der Waals surface area contributed by atoms with Crippen LogP contribution in [0.5, 0.6) is 6.01 Å². The maximum Gasteiger partial charge on any atom is 0.416 e. The molecule has 3 rings (SSSR count). The molecule has 1 aromatic heterocycles. The van der Waals surface area contributed by atoms with Gasteiger partial charge in [-0.25, -0.2) is 18.4 Å². The number of ether oxygens (including phenoxy) is 1. The first-order valence-electron chi connectivity index (χ1n) is 8.42. The number of halogens is 4. The summed E-state index contributed by atoms with van der Waals surface area (Å²) < 4.78 is 70.2. The molecule has 1 aliphatic rings. The van der Waals surface area contributed by atoms with Gasteiger partial charge in [-0.05, 0) is 30.5 Å². The first-order chi connectivity index (χ1) is 13.1. The highest BCUT2D eigenvalue weighted by molar-refractivity contribution is 7.88. The van der Waals surface area contributed by atoms with Gasteiger partial charge in [0, 0.05) is 6.54 Å². The predicted octanol–water partition coefficient (Wildman–Crippen LogP) is 3.52. The number of benzene rings is 1. The normalized spacial score (nSPS) is 18.8. The second-order valence-corrected chi connectivity index (χ2v) is 8.78. The van der Waals surface area contributed by atoms with Gasteiger partial charge in [0.15, 0.2) is 0 Å². The Morgan fingerprint density at radius 2 is 1.82 bits per heavy atom. The standard InChI is InChI=1S/C17H17ClF3N3O3S/c18-14-8-22-16(23-9-14)27-15-2-1-7-24(10-15)28(25,26)11-12-3-5-13(6-4-12)17(19,20)21/h3-6,8-9,15H,1-2,7,10-11H2. The number of hydrogen-bond acceptors (Lipinski definition) is 5. The molecule has 1 atom stereocenters. The van der Waals surface area contributed by atoms with Crippen molar-refractivity contribution in [1.29, 1.82) is 0 Å². The summed E-state index contributed by atoms with van der Waals surface area (Å²) in [5.74, 6) is -0.380. The molecule has 0 aliphatic carbocycles. The highest BCUT2D eigenvalue weighted by Gasteiger charge is 2.32. The van der Waals surface area contributed by atoms with E-state index in [0.29, 0.717) is 24.4 Å². The van der Waals surface area contributed by atoms with Gasteiger partial charge in [-0.15, -0.1) is 0 Å². The molecule has 11 heteroatoms. The minimum absolute atomic E-state index is 0.108. The molecule has 2 heterocycles. The fourth-order valence-corrected chi connectivity index (χ4v) is 4.55. The summed E-state index contributed by atoms with van der Waals surface area (Å²) in [5.41, 5.74) is -0.528. The average molecular weight is 436 g/mol. The molecule has 0 amide bonds. The van der Waals surface area contributed by atoms with Crippen LogP contribution in [0.15, 0.2) is 36.7 Å². The first-order valence-corrected chi connectivity index (χ1v) is 10.4. The summed E-state index contributed by atoms with van der Waals surface area (Å²) in [6.07, 6.45) is -0.892. The molecule has 1 aliphatic heterocycles. The summed E-state index contributed by atoms with van der Waals surface area (Å²) in [5, 5.41) is 0.358. The second-order valence-electron chi connectivity index (χ2n) is 6.37. The van der Waals surface area contributed by atoms with E-state index in [1.54, 1.807) is 0 Å². The Bertz CT molecular complexity index is 906. The molecule has 6 nitrogen and oxygen atoms in total. The van der Waals surface area contributed by atoms with E-state index < -0.39 is 27.9 Å². The van der Waals surface area contributed by atoms with Gasteiger partial charge in [0.25, 0.3) is 0 Å². The van der Waals surface area contributed by atoms with Crippen LogP contribution in [-0.4, -0.2) is 41.9 Å². The lowest BCUT2D eigenvalue weighted by atomic mass is 10.1. The summed E-state index contributed by atoms with van der Waals surface area (Å²) in [6.45, 7) is 0.444. The first kappa shape index (κ1) is 20.8. The zero-order valence-electron chi connectivity index (χ0n) is 14.6. The van der Waals surface area contributed by atoms with Crippen molar-refractivity contribution < 1.29 is 26.3 Å². The van der Waals surface area contributed by atoms with Crippen molar-refractivity contribution in [3.05, 3.63) is 52.8 Å². The molecule has 152 valence electrons. The Balaban J connectivity index is 1.65. The molecular weight excluding hydrogens is 419 g/mol. The van der Waals surface area contributed by atoms with Crippen molar-refractivity contribution in [3.8, 4) is 6.01 Å². The van der Waals surface area contributed by atoms with Crippen molar-refractivity contribution in [2.45, 2.75) is 30.9 Å². The molecule has 1 saturated heterocycles. The predicted molar refractivity (Wildman–Crippen MR) is 96.3 cm³/mol. The van der Waals surface area contributed by atoms with E-state index in [2.05, 4.69) is 9.97 Å². The fourth-order valence-electron chi connectivity index (χ4n) is 2.86. The molecule has 2 aromatic rings. The smallest absolute Gasteiger partial charge is 0.416 e.